The van der Waals surface area contributed by atoms with E-state index in [0.717, 1.165) is 17.3 Å². The Balaban J connectivity index is 1.33. The number of benzene rings is 1. The standard InChI is InChI=1S/C21H27N3S2/c1-14-8-15(2)10-16(9-14)22-21(25)23-17-11-18-5-6-19(12-17)24(18)13-20-4-3-7-26-20/h3-4,7-10,17-19H,5-6,11-13H2,1-2H3,(H2,22,23,25)/t17?,18-,19+. The number of anilines is 1. The summed E-state index contributed by atoms with van der Waals surface area (Å²) in [5, 5.41) is 9.90. The van der Waals surface area contributed by atoms with Crippen molar-refractivity contribution in [1.29, 1.82) is 0 Å². The molecule has 0 amide bonds. The van der Waals surface area contributed by atoms with Crippen molar-refractivity contribution < 1.29 is 0 Å². The molecule has 2 saturated heterocycles. The fraction of sp³-hybridized carbons (Fsp3) is 0.476. The predicted molar refractivity (Wildman–Crippen MR) is 115 cm³/mol. The third kappa shape index (κ3) is 4.11. The van der Waals surface area contributed by atoms with Crippen LogP contribution in [-0.2, 0) is 6.54 Å². The quantitative estimate of drug-likeness (QED) is 0.736. The van der Waals surface area contributed by atoms with Crippen molar-refractivity contribution in [1.82, 2.24) is 10.2 Å². The molecule has 138 valence electrons. The van der Waals surface area contributed by atoms with E-state index in [0.29, 0.717) is 18.1 Å². The molecule has 4 rings (SSSR count). The zero-order valence-electron chi connectivity index (χ0n) is 15.5. The van der Waals surface area contributed by atoms with Gasteiger partial charge >= 0.3 is 0 Å². The molecule has 2 bridgehead atoms. The van der Waals surface area contributed by atoms with Crippen LogP contribution < -0.4 is 10.6 Å². The molecule has 0 aliphatic carbocycles. The first-order valence-corrected chi connectivity index (χ1v) is 10.8. The highest BCUT2D eigenvalue weighted by molar-refractivity contribution is 7.80. The average Bonchev–Trinajstić information content (AvgIpc) is 3.14. The van der Waals surface area contributed by atoms with Gasteiger partial charge in [0.1, 0.15) is 0 Å². The van der Waals surface area contributed by atoms with Crippen molar-refractivity contribution in [2.75, 3.05) is 5.32 Å². The molecule has 2 N–H and O–H groups in total. The smallest absolute Gasteiger partial charge is 0.170 e. The molecular formula is C21H27N3S2. The first-order valence-electron chi connectivity index (χ1n) is 9.51. The molecule has 3 atom stereocenters. The number of fused-ring (bicyclic) bond motifs is 2. The van der Waals surface area contributed by atoms with Crippen LogP contribution in [0.25, 0.3) is 0 Å². The summed E-state index contributed by atoms with van der Waals surface area (Å²) in [7, 11) is 0. The van der Waals surface area contributed by atoms with E-state index < -0.39 is 0 Å². The molecule has 1 aromatic heterocycles. The van der Waals surface area contributed by atoms with Gasteiger partial charge in [0, 0.05) is 35.2 Å². The number of thiophene rings is 1. The number of hydrogen-bond donors (Lipinski definition) is 2. The van der Waals surface area contributed by atoms with Crippen molar-refractivity contribution >= 4 is 34.4 Å². The largest absolute Gasteiger partial charge is 0.360 e. The predicted octanol–water partition coefficient (Wildman–Crippen LogP) is 4.85. The fourth-order valence-electron chi connectivity index (χ4n) is 4.63. The molecule has 0 radical (unpaired) electrons. The van der Waals surface area contributed by atoms with Crippen LogP contribution in [0.5, 0.6) is 0 Å². The first kappa shape index (κ1) is 18.0. The maximum absolute atomic E-state index is 5.59. The maximum atomic E-state index is 5.59. The van der Waals surface area contributed by atoms with Crippen LogP contribution in [0.3, 0.4) is 0 Å². The van der Waals surface area contributed by atoms with Gasteiger partial charge in [0.25, 0.3) is 0 Å². The summed E-state index contributed by atoms with van der Waals surface area (Å²) in [6.45, 7) is 5.36. The SMILES string of the molecule is Cc1cc(C)cc(NC(=S)NC2C[C@H]3CC[C@@H](C2)N3Cc2cccs2)c1. The van der Waals surface area contributed by atoms with Gasteiger partial charge in [-0.1, -0.05) is 12.1 Å². The third-order valence-corrected chi connectivity index (χ3v) is 6.70. The second-order valence-electron chi connectivity index (χ2n) is 7.78. The summed E-state index contributed by atoms with van der Waals surface area (Å²) in [4.78, 5) is 4.21. The lowest BCUT2D eigenvalue weighted by Crippen LogP contribution is -2.50. The topological polar surface area (TPSA) is 27.3 Å². The van der Waals surface area contributed by atoms with Crippen molar-refractivity contribution in [3.05, 3.63) is 51.7 Å². The van der Waals surface area contributed by atoms with Gasteiger partial charge < -0.3 is 10.6 Å². The number of aryl methyl sites for hydroxylation is 2. The van der Waals surface area contributed by atoms with Crippen molar-refractivity contribution in [3.63, 3.8) is 0 Å². The lowest BCUT2D eigenvalue weighted by atomic mass is 9.97. The molecule has 2 fully saturated rings. The Bertz CT molecular complexity index is 737. The monoisotopic (exact) mass is 385 g/mol. The van der Waals surface area contributed by atoms with E-state index in [1.54, 1.807) is 0 Å². The van der Waals surface area contributed by atoms with Gasteiger partial charge in [0.05, 0.1) is 0 Å². The molecule has 2 aliphatic heterocycles. The van der Waals surface area contributed by atoms with E-state index in [2.05, 4.69) is 65.1 Å². The molecule has 1 aromatic carbocycles. The maximum Gasteiger partial charge on any atom is 0.170 e. The minimum Gasteiger partial charge on any atom is -0.360 e. The summed E-state index contributed by atoms with van der Waals surface area (Å²) < 4.78 is 0. The Morgan fingerprint density at radius 3 is 2.46 bits per heavy atom. The van der Waals surface area contributed by atoms with E-state index >= 15 is 0 Å². The van der Waals surface area contributed by atoms with E-state index in [1.807, 2.05) is 11.3 Å². The first-order chi connectivity index (χ1) is 12.6. The molecule has 1 unspecified atom stereocenters. The van der Waals surface area contributed by atoms with Crippen LogP contribution in [0, 0.1) is 13.8 Å². The van der Waals surface area contributed by atoms with Crippen molar-refractivity contribution in [2.45, 2.75) is 64.2 Å². The highest BCUT2D eigenvalue weighted by Crippen LogP contribution is 2.37. The van der Waals surface area contributed by atoms with Gasteiger partial charge in [-0.2, -0.15) is 0 Å². The molecule has 0 saturated carbocycles. The van der Waals surface area contributed by atoms with Gasteiger partial charge in [-0.25, -0.2) is 0 Å². The van der Waals surface area contributed by atoms with Crippen LogP contribution >= 0.6 is 23.6 Å². The van der Waals surface area contributed by atoms with Crippen molar-refractivity contribution in [3.8, 4) is 0 Å². The van der Waals surface area contributed by atoms with E-state index in [1.165, 1.54) is 41.7 Å². The molecular weight excluding hydrogens is 358 g/mol. The Labute approximate surface area is 165 Å². The molecule has 26 heavy (non-hydrogen) atoms. The van der Waals surface area contributed by atoms with E-state index in [-0.39, 0.29) is 0 Å². The normalized spacial score (nSPS) is 25.2. The van der Waals surface area contributed by atoms with Crippen LogP contribution in [0.15, 0.2) is 35.7 Å². The highest BCUT2D eigenvalue weighted by atomic mass is 32.1. The molecule has 3 heterocycles. The van der Waals surface area contributed by atoms with Gasteiger partial charge in [-0.3, -0.25) is 4.90 Å². The fourth-order valence-corrected chi connectivity index (χ4v) is 5.63. The highest BCUT2D eigenvalue weighted by Gasteiger charge is 2.40. The summed E-state index contributed by atoms with van der Waals surface area (Å²) in [6.07, 6.45) is 5.03. The molecule has 2 aromatic rings. The van der Waals surface area contributed by atoms with Crippen LogP contribution in [0.4, 0.5) is 5.69 Å². The average molecular weight is 386 g/mol. The number of hydrogen-bond acceptors (Lipinski definition) is 3. The number of thiocarbonyl (C=S) groups is 1. The molecule has 3 nitrogen and oxygen atoms in total. The number of nitrogens with one attached hydrogen (secondary N) is 2. The Morgan fingerprint density at radius 1 is 1.15 bits per heavy atom. The van der Waals surface area contributed by atoms with Crippen LogP contribution in [0.2, 0.25) is 0 Å². The van der Waals surface area contributed by atoms with E-state index in [4.69, 9.17) is 12.2 Å². The Morgan fingerprint density at radius 2 is 1.85 bits per heavy atom. The summed E-state index contributed by atoms with van der Waals surface area (Å²) in [5.41, 5.74) is 3.60. The minimum atomic E-state index is 0.484. The van der Waals surface area contributed by atoms with Crippen molar-refractivity contribution in [2.24, 2.45) is 0 Å². The summed E-state index contributed by atoms with van der Waals surface area (Å²) in [5.74, 6) is 0. The molecule has 5 heteroatoms. The minimum absolute atomic E-state index is 0.484. The van der Waals surface area contributed by atoms with Gasteiger partial charge in [0.2, 0.25) is 0 Å². The number of rotatable bonds is 4. The van der Waals surface area contributed by atoms with Gasteiger partial charge in [-0.05, 0) is 86.5 Å². The summed E-state index contributed by atoms with van der Waals surface area (Å²) >= 11 is 7.47. The second-order valence-corrected chi connectivity index (χ2v) is 9.22. The van der Waals surface area contributed by atoms with Gasteiger partial charge in [0.15, 0.2) is 5.11 Å². The zero-order valence-corrected chi connectivity index (χ0v) is 17.1. The number of piperidine rings is 1. The number of nitrogens with zero attached hydrogens (tertiary/aromatic N) is 1. The van der Waals surface area contributed by atoms with Gasteiger partial charge in [-0.15, -0.1) is 11.3 Å². The zero-order chi connectivity index (χ0) is 18.1. The molecule has 0 spiro atoms. The second kappa shape index (κ2) is 7.67. The third-order valence-electron chi connectivity index (χ3n) is 5.62. The Hall–Kier alpha value is -1.43. The molecule has 2 aliphatic rings. The van der Waals surface area contributed by atoms with E-state index in [9.17, 15) is 0 Å². The lowest BCUT2D eigenvalue weighted by Gasteiger charge is -2.39. The summed E-state index contributed by atoms with van der Waals surface area (Å²) in [6, 6.07) is 12.8. The Kier molecular flexibility index (Phi) is 5.30. The van der Waals surface area contributed by atoms with Crippen LogP contribution in [0.1, 0.15) is 41.7 Å². The van der Waals surface area contributed by atoms with Crippen LogP contribution in [-0.4, -0.2) is 28.1 Å². The lowest BCUT2D eigenvalue weighted by molar-refractivity contribution is 0.116.